The van der Waals surface area contributed by atoms with E-state index in [0.29, 0.717) is 21.3 Å². The summed E-state index contributed by atoms with van der Waals surface area (Å²) in [5.74, 6) is 1.32. The van der Waals surface area contributed by atoms with Gasteiger partial charge >= 0.3 is 0 Å². The van der Waals surface area contributed by atoms with E-state index < -0.39 is 0 Å². The molecule has 1 aromatic heterocycles. The van der Waals surface area contributed by atoms with Gasteiger partial charge in [0.2, 0.25) is 0 Å². The van der Waals surface area contributed by atoms with E-state index in [1.54, 1.807) is 0 Å². The second kappa shape index (κ2) is 6.81. The summed E-state index contributed by atoms with van der Waals surface area (Å²) in [5, 5.41) is 1.40. The molecule has 2 aromatic rings. The Morgan fingerprint density at radius 3 is 2.62 bits per heavy atom. The molecular weight excluding hydrogens is 340 g/mol. The molecule has 2 N–H and O–H groups in total. The Morgan fingerprint density at radius 1 is 1.25 bits per heavy atom. The van der Waals surface area contributed by atoms with Crippen LogP contribution in [0.3, 0.4) is 0 Å². The summed E-state index contributed by atoms with van der Waals surface area (Å²) in [7, 11) is 0. The van der Waals surface area contributed by atoms with Crippen LogP contribution in [0.15, 0.2) is 34.3 Å². The van der Waals surface area contributed by atoms with Crippen LogP contribution in [-0.2, 0) is 0 Å². The summed E-state index contributed by atoms with van der Waals surface area (Å²) >= 11 is 7.72. The van der Waals surface area contributed by atoms with Gasteiger partial charge in [0.25, 0.3) is 0 Å². The van der Waals surface area contributed by atoms with Crippen molar-refractivity contribution in [2.24, 2.45) is 5.41 Å². The normalized spacial score (nSPS) is 17.1. The van der Waals surface area contributed by atoms with Crippen LogP contribution in [0.4, 0.5) is 11.6 Å². The van der Waals surface area contributed by atoms with Gasteiger partial charge < -0.3 is 10.6 Å². The third kappa shape index (κ3) is 3.95. The van der Waals surface area contributed by atoms with Crippen LogP contribution in [0.2, 0.25) is 5.02 Å². The van der Waals surface area contributed by atoms with Crippen molar-refractivity contribution >= 4 is 35.0 Å². The first-order chi connectivity index (χ1) is 11.3. The predicted molar refractivity (Wildman–Crippen MR) is 102 cm³/mol. The van der Waals surface area contributed by atoms with Crippen LogP contribution in [-0.4, -0.2) is 23.1 Å². The minimum atomic E-state index is 0.410. The average Bonchev–Trinajstić information content (AvgIpc) is 2.53. The van der Waals surface area contributed by atoms with Gasteiger partial charge in [-0.15, -0.1) is 0 Å². The van der Waals surface area contributed by atoms with Gasteiger partial charge in [-0.05, 0) is 42.9 Å². The lowest BCUT2D eigenvalue weighted by Gasteiger charge is -2.37. The highest BCUT2D eigenvalue weighted by Crippen LogP contribution is 2.36. The minimum absolute atomic E-state index is 0.410. The molecule has 4 nitrogen and oxygen atoms in total. The van der Waals surface area contributed by atoms with E-state index in [1.165, 1.54) is 11.8 Å². The van der Waals surface area contributed by atoms with Crippen molar-refractivity contribution in [1.29, 1.82) is 0 Å². The minimum Gasteiger partial charge on any atom is -0.381 e. The van der Waals surface area contributed by atoms with Crippen LogP contribution >= 0.6 is 23.4 Å². The van der Waals surface area contributed by atoms with E-state index in [4.69, 9.17) is 17.3 Å². The quantitative estimate of drug-likeness (QED) is 0.849. The number of hydrogen-bond donors (Lipinski definition) is 1. The fourth-order valence-corrected chi connectivity index (χ4v) is 3.86. The van der Waals surface area contributed by atoms with E-state index in [-0.39, 0.29) is 0 Å². The Labute approximate surface area is 152 Å². The molecule has 0 bridgehead atoms. The third-order valence-electron chi connectivity index (χ3n) is 4.49. The first-order valence-electron chi connectivity index (χ1n) is 8.15. The summed E-state index contributed by atoms with van der Waals surface area (Å²) in [6, 6.07) is 5.92. The smallest absolute Gasteiger partial charge is 0.158 e. The molecule has 1 aliphatic heterocycles. The van der Waals surface area contributed by atoms with Gasteiger partial charge in [-0.1, -0.05) is 43.3 Å². The van der Waals surface area contributed by atoms with Crippen molar-refractivity contribution < 1.29 is 0 Å². The number of nitrogens with zero attached hydrogens (tertiary/aromatic N) is 3. The molecule has 0 unspecified atom stereocenters. The molecule has 6 heteroatoms. The highest BCUT2D eigenvalue weighted by molar-refractivity contribution is 7.99. The zero-order valence-electron chi connectivity index (χ0n) is 14.3. The molecule has 1 saturated heterocycles. The number of aryl methyl sites for hydroxylation is 1. The first kappa shape index (κ1) is 17.4. The van der Waals surface area contributed by atoms with Crippen LogP contribution in [0.25, 0.3) is 0 Å². The molecule has 0 aliphatic carbocycles. The van der Waals surface area contributed by atoms with Crippen LogP contribution in [0.5, 0.6) is 0 Å². The Morgan fingerprint density at radius 2 is 1.96 bits per heavy atom. The molecule has 128 valence electrons. The predicted octanol–water partition coefficient (Wildman–Crippen LogP) is 4.80. The largest absolute Gasteiger partial charge is 0.381 e. The zero-order valence-corrected chi connectivity index (χ0v) is 15.9. The summed E-state index contributed by atoms with van der Waals surface area (Å²) < 4.78 is 0. The van der Waals surface area contributed by atoms with Gasteiger partial charge in [-0.3, -0.25) is 0 Å². The van der Waals surface area contributed by atoms with E-state index in [2.05, 4.69) is 28.7 Å². The Bertz CT molecular complexity index is 738. The van der Waals surface area contributed by atoms with Crippen LogP contribution in [0.1, 0.15) is 32.3 Å². The van der Waals surface area contributed by atoms with Crippen LogP contribution < -0.4 is 10.6 Å². The summed E-state index contributed by atoms with van der Waals surface area (Å²) in [6.45, 7) is 8.66. The molecule has 1 aliphatic rings. The number of nitrogens with two attached hydrogens (primary N) is 1. The average molecular weight is 363 g/mol. The van der Waals surface area contributed by atoms with E-state index >= 15 is 0 Å². The lowest BCUT2D eigenvalue weighted by Crippen LogP contribution is -2.37. The third-order valence-corrected chi connectivity index (χ3v) is 5.99. The van der Waals surface area contributed by atoms with Gasteiger partial charge in [0, 0.05) is 18.0 Å². The van der Waals surface area contributed by atoms with Gasteiger partial charge in [0.1, 0.15) is 10.8 Å². The Kier molecular flexibility index (Phi) is 4.92. The summed E-state index contributed by atoms with van der Waals surface area (Å²) in [4.78, 5) is 12.3. The Hall–Kier alpha value is -1.46. The van der Waals surface area contributed by atoms with Crippen molar-refractivity contribution in [3.63, 3.8) is 0 Å². The number of piperidine rings is 1. The molecule has 24 heavy (non-hydrogen) atoms. The molecule has 0 saturated carbocycles. The van der Waals surface area contributed by atoms with Crippen molar-refractivity contribution in [3.8, 4) is 0 Å². The van der Waals surface area contributed by atoms with Gasteiger partial charge in [-0.25, -0.2) is 9.97 Å². The monoisotopic (exact) mass is 362 g/mol. The number of aromatic nitrogens is 2. The molecule has 0 atom stereocenters. The van der Waals surface area contributed by atoms with Crippen molar-refractivity contribution in [3.05, 3.63) is 35.0 Å². The van der Waals surface area contributed by atoms with Gasteiger partial charge in [0.05, 0.1) is 11.2 Å². The van der Waals surface area contributed by atoms with Crippen molar-refractivity contribution in [2.75, 3.05) is 23.7 Å². The highest BCUT2D eigenvalue weighted by atomic mass is 35.5. The fourth-order valence-electron chi connectivity index (χ4n) is 2.75. The highest BCUT2D eigenvalue weighted by Gasteiger charge is 2.26. The van der Waals surface area contributed by atoms with E-state index in [9.17, 15) is 0 Å². The number of anilines is 2. The van der Waals surface area contributed by atoms with Gasteiger partial charge in [0.15, 0.2) is 5.82 Å². The van der Waals surface area contributed by atoms with Crippen LogP contribution in [0, 0.1) is 12.3 Å². The number of halogens is 1. The zero-order chi connectivity index (χ0) is 17.3. The maximum Gasteiger partial charge on any atom is 0.158 e. The first-order valence-corrected chi connectivity index (χ1v) is 9.35. The molecule has 0 amide bonds. The van der Waals surface area contributed by atoms with E-state index in [1.807, 2.05) is 31.3 Å². The van der Waals surface area contributed by atoms with Gasteiger partial charge in [-0.2, -0.15) is 0 Å². The molecule has 0 radical (unpaired) electrons. The standard InChI is InChI=1S/C18H23ClN4S/c1-12-4-5-13(19)14(10-12)24-17-16(20)22-15(11-21-17)23-8-6-18(2,3)7-9-23/h4-5,10-11H,6-9H2,1-3H3,(H2,20,22). The molecular formula is C18H23ClN4S. The SMILES string of the molecule is Cc1ccc(Cl)c(Sc2ncc(N3CCC(C)(C)CC3)nc2N)c1. The Balaban J connectivity index is 1.77. The molecule has 1 aromatic carbocycles. The molecule has 0 spiro atoms. The second-order valence-corrected chi connectivity index (χ2v) is 8.54. The summed E-state index contributed by atoms with van der Waals surface area (Å²) in [6.07, 6.45) is 4.13. The molecule has 1 fully saturated rings. The number of hydrogen-bond acceptors (Lipinski definition) is 5. The number of rotatable bonds is 3. The maximum atomic E-state index is 6.26. The topological polar surface area (TPSA) is 55.0 Å². The van der Waals surface area contributed by atoms with Crippen molar-refractivity contribution in [2.45, 2.75) is 43.5 Å². The van der Waals surface area contributed by atoms with E-state index in [0.717, 1.165) is 42.2 Å². The molecule has 2 heterocycles. The maximum absolute atomic E-state index is 6.26. The summed E-state index contributed by atoms with van der Waals surface area (Å²) in [5.41, 5.74) is 7.72. The lowest BCUT2D eigenvalue weighted by atomic mass is 9.83. The van der Waals surface area contributed by atoms with Crippen molar-refractivity contribution in [1.82, 2.24) is 9.97 Å². The fraction of sp³-hybridized carbons (Fsp3) is 0.444. The lowest BCUT2D eigenvalue weighted by molar-refractivity contribution is 0.279. The molecule has 3 rings (SSSR count). The number of nitrogen functional groups attached to an aromatic ring is 1. The second-order valence-electron chi connectivity index (χ2n) is 7.11. The number of benzene rings is 1.